The van der Waals surface area contributed by atoms with E-state index in [2.05, 4.69) is 54.2 Å². The van der Waals surface area contributed by atoms with Crippen LogP contribution in [-0.4, -0.2) is 37.0 Å². The van der Waals surface area contributed by atoms with Crippen LogP contribution in [0.15, 0.2) is 23.2 Å². The Kier molecular flexibility index (Phi) is 6.25. The molecule has 0 amide bonds. The molecule has 1 saturated heterocycles. The maximum absolute atomic E-state index is 6.12. The zero-order valence-corrected chi connectivity index (χ0v) is 14.2. The number of nitrogens with one attached hydrogen (secondary N) is 1. The number of rotatable bonds is 6. The predicted molar refractivity (Wildman–Crippen MR) is 95.5 cm³/mol. The number of para-hydroxylation sites is 1. The van der Waals surface area contributed by atoms with Gasteiger partial charge in [-0.2, -0.15) is 0 Å². The summed E-state index contributed by atoms with van der Waals surface area (Å²) < 4.78 is 0. The molecule has 1 fully saturated rings. The van der Waals surface area contributed by atoms with Crippen LogP contribution in [0.3, 0.4) is 0 Å². The summed E-state index contributed by atoms with van der Waals surface area (Å²) in [6.45, 7) is 10.9. The first-order chi connectivity index (χ1) is 10.7. The van der Waals surface area contributed by atoms with Gasteiger partial charge in [0, 0.05) is 18.8 Å². The molecule has 122 valence electrons. The van der Waals surface area contributed by atoms with Crippen LogP contribution in [0.2, 0.25) is 0 Å². The van der Waals surface area contributed by atoms with Crippen molar-refractivity contribution in [2.75, 3.05) is 31.5 Å². The van der Waals surface area contributed by atoms with E-state index in [0.717, 1.165) is 38.2 Å². The lowest BCUT2D eigenvalue weighted by Gasteiger charge is -2.15. The Bertz CT molecular complexity index is 488. The van der Waals surface area contributed by atoms with Crippen molar-refractivity contribution < 1.29 is 0 Å². The van der Waals surface area contributed by atoms with Crippen molar-refractivity contribution in [3.05, 3.63) is 29.3 Å². The minimum Gasteiger partial charge on any atom is -0.370 e. The molecule has 3 N–H and O–H groups in total. The summed E-state index contributed by atoms with van der Waals surface area (Å²) >= 11 is 0. The molecule has 4 heteroatoms. The normalized spacial score (nSPS) is 19.6. The third-order valence-corrected chi connectivity index (χ3v) is 4.59. The number of guanidine groups is 1. The lowest BCUT2D eigenvalue weighted by Crippen LogP contribution is -2.26. The number of likely N-dealkylation sites (tertiary alicyclic amines) is 1. The molecule has 1 aliphatic rings. The van der Waals surface area contributed by atoms with E-state index in [9.17, 15) is 0 Å². The van der Waals surface area contributed by atoms with Crippen LogP contribution in [0.4, 0.5) is 5.69 Å². The molecular weight excluding hydrogens is 272 g/mol. The first kappa shape index (κ1) is 16.8. The van der Waals surface area contributed by atoms with E-state index in [1.807, 2.05) is 0 Å². The molecule has 0 saturated carbocycles. The molecule has 0 radical (unpaired) electrons. The summed E-state index contributed by atoms with van der Waals surface area (Å²) in [6.07, 6.45) is 3.23. The number of nitrogens with zero attached hydrogens (tertiary/aromatic N) is 2. The summed E-state index contributed by atoms with van der Waals surface area (Å²) in [5.74, 6) is 1.19. The lowest BCUT2D eigenvalue weighted by atomic mass is 10.0. The van der Waals surface area contributed by atoms with Gasteiger partial charge in [0.2, 0.25) is 0 Å². The van der Waals surface area contributed by atoms with Crippen molar-refractivity contribution in [3.8, 4) is 0 Å². The topological polar surface area (TPSA) is 53.6 Å². The number of aliphatic imine (C=N–C) groups is 1. The number of benzene rings is 1. The van der Waals surface area contributed by atoms with Crippen LogP contribution in [0.25, 0.3) is 0 Å². The van der Waals surface area contributed by atoms with E-state index in [-0.39, 0.29) is 0 Å². The summed E-state index contributed by atoms with van der Waals surface area (Å²) in [6, 6.07) is 6.43. The molecule has 1 aliphatic heterocycles. The Labute approximate surface area is 134 Å². The monoisotopic (exact) mass is 302 g/mol. The molecule has 0 spiro atoms. The highest BCUT2D eigenvalue weighted by molar-refractivity contribution is 5.93. The molecule has 22 heavy (non-hydrogen) atoms. The first-order valence-corrected chi connectivity index (χ1v) is 8.57. The van der Waals surface area contributed by atoms with Crippen LogP contribution >= 0.6 is 0 Å². The zero-order chi connectivity index (χ0) is 15.9. The third kappa shape index (κ3) is 4.23. The molecular formula is C18H30N4. The van der Waals surface area contributed by atoms with Crippen molar-refractivity contribution >= 4 is 11.6 Å². The highest BCUT2D eigenvalue weighted by Crippen LogP contribution is 2.22. The average Bonchev–Trinajstić information content (AvgIpc) is 3.01. The van der Waals surface area contributed by atoms with Crippen molar-refractivity contribution in [2.45, 2.75) is 40.0 Å². The summed E-state index contributed by atoms with van der Waals surface area (Å²) in [5, 5.41) is 3.34. The maximum atomic E-state index is 6.12. The summed E-state index contributed by atoms with van der Waals surface area (Å²) in [5.41, 5.74) is 9.87. The second-order valence-electron chi connectivity index (χ2n) is 6.06. The molecule has 0 aromatic heterocycles. The first-order valence-electron chi connectivity index (χ1n) is 8.57. The van der Waals surface area contributed by atoms with Gasteiger partial charge in [0.1, 0.15) is 0 Å². The Morgan fingerprint density at radius 1 is 1.27 bits per heavy atom. The van der Waals surface area contributed by atoms with E-state index in [1.165, 1.54) is 24.1 Å². The van der Waals surface area contributed by atoms with Gasteiger partial charge < -0.3 is 16.0 Å². The molecule has 0 aliphatic carbocycles. The lowest BCUT2D eigenvalue weighted by molar-refractivity contribution is 0.344. The number of nitrogens with two attached hydrogens (primary N) is 1. The Balaban J connectivity index is 1.99. The molecule has 1 aromatic carbocycles. The number of anilines is 1. The van der Waals surface area contributed by atoms with Crippen molar-refractivity contribution in [3.63, 3.8) is 0 Å². The Morgan fingerprint density at radius 3 is 2.50 bits per heavy atom. The molecule has 4 nitrogen and oxygen atoms in total. The zero-order valence-electron chi connectivity index (χ0n) is 14.2. The predicted octanol–water partition coefficient (Wildman–Crippen LogP) is 2.88. The number of hydrogen-bond donors (Lipinski definition) is 2. The van der Waals surface area contributed by atoms with Gasteiger partial charge in [-0.15, -0.1) is 0 Å². The second-order valence-corrected chi connectivity index (χ2v) is 6.06. The SMILES string of the molecule is CCc1cccc(CC)c1NC(N)=NCC1CCN(CC)C1. The van der Waals surface area contributed by atoms with Gasteiger partial charge in [-0.3, -0.25) is 4.99 Å². The number of hydrogen-bond acceptors (Lipinski definition) is 2. The fourth-order valence-electron chi connectivity index (χ4n) is 3.15. The highest BCUT2D eigenvalue weighted by atomic mass is 15.1. The van der Waals surface area contributed by atoms with Crippen LogP contribution in [0, 0.1) is 5.92 Å². The molecule has 2 rings (SSSR count). The number of aryl methyl sites for hydroxylation is 2. The van der Waals surface area contributed by atoms with E-state index in [0.29, 0.717) is 11.9 Å². The minimum absolute atomic E-state index is 0.547. The standard InChI is InChI=1S/C18H30N4/c1-4-15-8-7-9-16(5-2)17(15)21-18(19)20-12-14-10-11-22(6-3)13-14/h7-9,14H,4-6,10-13H2,1-3H3,(H3,19,20,21). The molecule has 0 bridgehead atoms. The minimum atomic E-state index is 0.547. The summed E-state index contributed by atoms with van der Waals surface area (Å²) in [4.78, 5) is 7.06. The van der Waals surface area contributed by atoms with Crippen molar-refractivity contribution in [1.82, 2.24) is 4.90 Å². The van der Waals surface area contributed by atoms with Gasteiger partial charge in [-0.05, 0) is 49.4 Å². The van der Waals surface area contributed by atoms with Gasteiger partial charge in [-0.25, -0.2) is 0 Å². The fraction of sp³-hybridized carbons (Fsp3) is 0.611. The quantitative estimate of drug-likeness (QED) is 0.627. The van der Waals surface area contributed by atoms with Gasteiger partial charge in [0.15, 0.2) is 5.96 Å². The fourth-order valence-corrected chi connectivity index (χ4v) is 3.15. The molecule has 1 aromatic rings. The van der Waals surface area contributed by atoms with Crippen LogP contribution in [-0.2, 0) is 12.8 Å². The van der Waals surface area contributed by atoms with Crippen LogP contribution in [0.1, 0.15) is 38.3 Å². The van der Waals surface area contributed by atoms with E-state index >= 15 is 0 Å². The van der Waals surface area contributed by atoms with Gasteiger partial charge in [0.05, 0.1) is 0 Å². The average molecular weight is 302 g/mol. The van der Waals surface area contributed by atoms with Crippen LogP contribution in [0.5, 0.6) is 0 Å². The van der Waals surface area contributed by atoms with Gasteiger partial charge in [-0.1, -0.05) is 39.0 Å². The largest absolute Gasteiger partial charge is 0.370 e. The van der Waals surface area contributed by atoms with E-state index in [1.54, 1.807) is 0 Å². The highest BCUT2D eigenvalue weighted by Gasteiger charge is 2.20. The molecule has 1 unspecified atom stereocenters. The maximum Gasteiger partial charge on any atom is 0.193 e. The van der Waals surface area contributed by atoms with Crippen molar-refractivity contribution in [2.24, 2.45) is 16.6 Å². The van der Waals surface area contributed by atoms with E-state index in [4.69, 9.17) is 5.73 Å². The van der Waals surface area contributed by atoms with Crippen molar-refractivity contribution in [1.29, 1.82) is 0 Å². The van der Waals surface area contributed by atoms with E-state index < -0.39 is 0 Å². The smallest absolute Gasteiger partial charge is 0.193 e. The van der Waals surface area contributed by atoms with Gasteiger partial charge in [0.25, 0.3) is 0 Å². The third-order valence-electron chi connectivity index (χ3n) is 4.59. The second kappa shape index (κ2) is 8.18. The Morgan fingerprint density at radius 2 is 1.95 bits per heavy atom. The Hall–Kier alpha value is -1.55. The summed E-state index contributed by atoms with van der Waals surface area (Å²) in [7, 11) is 0. The molecule has 1 heterocycles. The van der Waals surface area contributed by atoms with Crippen LogP contribution < -0.4 is 11.1 Å². The molecule has 1 atom stereocenters. The van der Waals surface area contributed by atoms with Gasteiger partial charge >= 0.3 is 0 Å².